The third-order valence-electron chi connectivity index (χ3n) is 10.4. The number of rotatable bonds is 12. The minimum absolute atomic E-state index is 0.0311. The van der Waals surface area contributed by atoms with E-state index in [2.05, 4.69) is 6.92 Å². The van der Waals surface area contributed by atoms with Gasteiger partial charge >= 0.3 is 11.9 Å². The number of esters is 1. The van der Waals surface area contributed by atoms with Crippen molar-refractivity contribution >= 4 is 17.8 Å². The molecule has 3 aliphatic rings. The summed E-state index contributed by atoms with van der Waals surface area (Å²) in [7, 11) is 3.18. The molecule has 1 N–H and O–H groups in total. The highest BCUT2D eigenvalue weighted by Crippen LogP contribution is 2.47. The van der Waals surface area contributed by atoms with Crippen LogP contribution in [-0.2, 0) is 25.5 Å². The van der Waals surface area contributed by atoms with E-state index >= 15 is 0 Å². The number of piperidine rings is 1. The lowest BCUT2D eigenvalue weighted by Crippen LogP contribution is -2.54. The van der Waals surface area contributed by atoms with Crippen molar-refractivity contribution in [3.8, 4) is 17.2 Å². The minimum atomic E-state index is -1.07. The quantitative estimate of drug-likeness (QED) is 0.259. The van der Waals surface area contributed by atoms with Gasteiger partial charge in [-0.2, -0.15) is 0 Å². The molecule has 2 aliphatic carbocycles. The largest absolute Gasteiger partial charge is 0.493 e. The van der Waals surface area contributed by atoms with Crippen molar-refractivity contribution in [2.75, 3.05) is 27.4 Å². The second kappa shape index (κ2) is 15.7. The van der Waals surface area contributed by atoms with Crippen molar-refractivity contribution in [2.24, 2.45) is 23.7 Å². The number of carboxylic acid groups (broad SMARTS) is 1. The SMILES string of the molecule is COc1ccc(CC[C@@H](OC(=O)[C@@H]2CCCCN2C(=O)[C@H]2[C@@H]3CCCC[C@H]3CC[C@@H]2C)c2cccc(OCC(=O)O)c2)cc1OC. The van der Waals surface area contributed by atoms with Crippen molar-refractivity contribution < 1.29 is 38.4 Å². The Labute approximate surface area is 272 Å². The van der Waals surface area contributed by atoms with Gasteiger partial charge in [-0.3, -0.25) is 4.79 Å². The second-order valence-corrected chi connectivity index (χ2v) is 13.2. The number of carboxylic acids is 1. The molecular formula is C37H49NO8. The Morgan fingerprint density at radius 3 is 2.48 bits per heavy atom. The third-order valence-corrected chi connectivity index (χ3v) is 10.4. The maximum absolute atomic E-state index is 14.3. The number of likely N-dealkylation sites (tertiary alicyclic amines) is 1. The van der Waals surface area contributed by atoms with Gasteiger partial charge in [0.25, 0.3) is 0 Å². The number of methoxy groups -OCH3 is 2. The van der Waals surface area contributed by atoms with Crippen LogP contribution in [0.25, 0.3) is 0 Å². The number of carbonyl (C=O) groups is 3. The number of amides is 1. The van der Waals surface area contributed by atoms with Gasteiger partial charge in [-0.15, -0.1) is 0 Å². The lowest BCUT2D eigenvalue weighted by atomic mass is 9.61. The minimum Gasteiger partial charge on any atom is -0.493 e. The average molecular weight is 636 g/mol. The van der Waals surface area contributed by atoms with E-state index in [1.165, 1.54) is 25.7 Å². The summed E-state index contributed by atoms with van der Waals surface area (Å²) in [4.78, 5) is 41.4. The molecule has 9 heteroatoms. The van der Waals surface area contributed by atoms with Crippen LogP contribution in [-0.4, -0.2) is 61.3 Å². The molecule has 5 rings (SSSR count). The molecule has 1 saturated heterocycles. The predicted octanol–water partition coefficient (Wildman–Crippen LogP) is 6.62. The van der Waals surface area contributed by atoms with Crippen LogP contribution < -0.4 is 14.2 Å². The summed E-state index contributed by atoms with van der Waals surface area (Å²) in [5, 5.41) is 9.11. The molecule has 9 nitrogen and oxygen atoms in total. The van der Waals surface area contributed by atoms with E-state index in [4.69, 9.17) is 24.1 Å². The molecule has 46 heavy (non-hydrogen) atoms. The Morgan fingerprint density at radius 1 is 0.913 bits per heavy atom. The summed E-state index contributed by atoms with van der Waals surface area (Å²) in [6.45, 7) is 2.32. The van der Waals surface area contributed by atoms with Crippen LogP contribution in [0.4, 0.5) is 0 Å². The number of hydrogen-bond acceptors (Lipinski definition) is 7. The Kier molecular flexibility index (Phi) is 11.5. The first-order valence-electron chi connectivity index (χ1n) is 17.0. The molecule has 0 aromatic heterocycles. The third kappa shape index (κ3) is 7.96. The van der Waals surface area contributed by atoms with Gasteiger partial charge in [0.1, 0.15) is 17.9 Å². The lowest BCUT2D eigenvalue weighted by molar-refractivity contribution is -0.165. The average Bonchev–Trinajstić information content (AvgIpc) is 3.08. The van der Waals surface area contributed by atoms with Gasteiger partial charge in [-0.05, 0) is 105 Å². The van der Waals surface area contributed by atoms with Crippen LogP contribution in [0, 0.1) is 23.7 Å². The number of hydrogen-bond donors (Lipinski definition) is 1. The summed E-state index contributed by atoms with van der Waals surface area (Å²) >= 11 is 0. The maximum atomic E-state index is 14.3. The first-order chi connectivity index (χ1) is 22.3. The molecule has 0 unspecified atom stereocenters. The number of ether oxygens (including phenoxy) is 4. The zero-order valence-corrected chi connectivity index (χ0v) is 27.5. The topological polar surface area (TPSA) is 112 Å². The van der Waals surface area contributed by atoms with E-state index in [-0.39, 0.29) is 17.8 Å². The Balaban J connectivity index is 1.36. The summed E-state index contributed by atoms with van der Waals surface area (Å²) in [6.07, 6.45) is 9.77. The number of aliphatic carboxylic acids is 1. The molecule has 1 heterocycles. The normalized spacial score (nSPS) is 25.1. The van der Waals surface area contributed by atoms with E-state index in [0.717, 1.165) is 31.2 Å². The molecule has 1 amide bonds. The predicted molar refractivity (Wildman–Crippen MR) is 173 cm³/mol. The monoisotopic (exact) mass is 635 g/mol. The zero-order valence-electron chi connectivity index (χ0n) is 27.5. The fourth-order valence-corrected chi connectivity index (χ4v) is 8.00. The van der Waals surface area contributed by atoms with Crippen molar-refractivity contribution in [3.63, 3.8) is 0 Å². The highest BCUT2D eigenvalue weighted by molar-refractivity contribution is 5.86. The zero-order chi connectivity index (χ0) is 32.6. The first kappa shape index (κ1) is 33.6. The Morgan fingerprint density at radius 2 is 1.70 bits per heavy atom. The summed E-state index contributed by atoms with van der Waals surface area (Å²) in [5.74, 6) is 1.62. The molecule has 250 valence electrons. The van der Waals surface area contributed by atoms with Gasteiger partial charge in [0, 0.05) is 12.5 Å². The summed E-state index contributed by atoms with van der Waals surface area (Å²) < 4.78 is 22.6. The molecule has 0 spiro atoms. The maximum Gasteiger partial charge on any atom is 0.341 e. The van der Waals surface area contributed by atoms with Crippen LogP contribution in [0.3, 0.4) is 0 Å². The molecule has 2 saturated carbocycles. The molecule has 2 aromatic carbocycles. The number of nitrogens with zero attached hydrogens (tertiary/aromatic N) is 1. The van der Waals surface area contributed by atoms with Crippen molar-refractivity contribution in [1.29, 1.82) is 0 Å². The standard InChI is InChI=1S/C37H49NO8/c1-24-14-17-26-9-4-5-12-29(26)35(24)36(41)38-20-7-6-13-30(38)37(42)46-31(27-10-8-11-28(22-27)45-23-34(39)40)18-15-25-16-19-32(43-2)33(21-25)44-3/h8,10-11,16,19,21-22,24,26,29-31,35H,4-7,9,12-15,17-18,20,23H2,1-3H3,(H,39,40)/t24-,26-,29+,30-,31+,35+/m0/s1. The molecule has 1 aliphatic heterocycles. The number of benzene rings is 2. The van der Waals surface area contributed by atoms with Crippen molar-refractivity contribution in [3.05, 3.63) is 53.6 Å². The molecule has 3 fully saturated rings. The fraction of sp³-hybridized carbons (Fsp3) is 0.595. The van der Waals surface area contributed by atoms with E-state index in [1.807, 2.05) is 29.2 Å². The molecule has 6 atom stereocenters. The van der Waals surface area contributed by atoms with E-state index in [1.54, 1.807) is 32.4 Å². The van der Waals surface area contributed by atoms with Gasteiger partial charge in [-0.25, -0.2) is 9.59 Å². The second-order valence-electron chi connectivity index (χ2n) is 13.2. The van der Waals surface area contributed by atoms with Gasteiger partial charge in [0.05, 0.1) is 14.2 Å². The van der Waals surface area contributed by atoms with Crippen LogP contribution >= 0.6 is 0 Å². The smallest absolute Gasteiger partial charge is 0.341 e. The number of aryl methyl sites for hydroxylation is 1. The first-order valence-corrected chi connectivity index (χ1v) is 17.0. The van der Waals surface area contributed by atoms with Crippen molar-refractivity contribution in [1.82, 2.24) is 4.90 Å². The number of carbonyl (C=O) groups excluding carboxylic acids is 2. The summed E-state index contributed by atoms with van der Waals surface area (Å²) in [6, 6.07) is 12.1. The Bertz CT molecular complexity index is 1360. The van der Waals surface area contributed by atoms with Crippen LogP contribution in [0.5, 0.6) is 17.2 Å². The lowest BCUT2D eigenvalue weighted by Gasteiger charge is -2.47. The van der Waals surface area contributed by atoms with Crippen LogP contribution in [0.2, 0.25) is 0 Å². The van der Waals surface area contributed by atoms with Crippen LogP contribution in [0.15, 0.2) is 42.5 Å². The molecule has 0 radical (unpaired) electrons. The van der Waals surface area contributed by atoms with Gasteiger partial charge in [0.15, 0.2) is 18.1 Å². The molecular weight excluding hydrogens is 586 g/mol. The summed E-state index contributed by atoms with van der Waals surface area (Å²) in [5.41, 5.74) is 1.69. The molecule has 2 aromatic rings. The number of fused-ring (bicyclic) bond motifs is 1. The Hall–Kier alpha value is -3.75. The van der Waals surface area contributed by atoms with Crippen molar-refractivity contribution in [2.45, 2.75) is 89.7 Å². The highest BCUT2D eigenvalue weighted by atomic mass is 16.5. The van der Waals surface area contributed by atoms with Gasteiger partial charge in [-0.1, -0.05) is 44.4 Å². The van der Waals surface area contributed by atoms with E-state index in [9.17, 15) is 14.4 Å². The van der Waals surface area contributed by atoms with E-state index in [0.29, 0.717) is 66.4 Å². The fourth-order valence-electron chi connectivity index (χ4n) is 8.00. The van der Waals surface area contributed by atoms with Gasteiger partial charge < -0.3 is 29.0 Å². The molecule has 0 bridgehead atoms. The van der Waals surface area contributed by atoms with Gasteiger partial charge in [0.2, 0.25) is 5.91 Å². The van der Waals surface area contributed by atoms with E-state index < -0.39 is 24.7 Å². The van der Waals surface area contributed by atoms with Crippen LogP contribution in [0.1, 0.15) is 88.4 Å². The highest BCUT2D eigenvalue weighted by Gasteiger charge is 2.46.